The van der Waals surface area contributed by atoms with Gasteiger partial charge in [-0.3, -0.25) is 10.1 Å². The van der Waals surface area contributed by atoms with Crippen LogP contribution in [0.15, 0.2) is 18.2 Å². The first kappa shape index (κ1) is 8.04. The molecule has 0 bridgehead atoms. The summed E-state index contributed by atoms with van der Waals surface area (Å²) in [6.07, 6.45) is 0.781. The smallest absolute Gasteiger partial charge is 0.274 e. The summed E-state index contributed by atoms with van der Waals surface area (Å²) in [4.78, 5) is 12.4. The zero-order chi connectivity index (χ0) is 9.42. The van der Waals surface area contributed by atoms with Crippen molar-refractivity contribution < 1.29 is 4.92 Å². The lowest BCUT2D eigenvalue weighted by Crippen LogP contribution is -2.12. The molecular weight excluding hydrogens is 168 g/mol. The molecule has 0 N–H and O–H groups in total. The average Bonchev–Trinajstić information content (AvgIpc) is 2.48. The maximum atomic E-state index is 10.7. The molecule has 1 aliphatic rings. The van der Waals surface area contributed by atoms with Crippen LogP contribution in [0.2, 0.25) is 0 Å². The minimum atomic E-state index is -0.308. The number of hydrogen-bond donors (Lipinski definition) is 0. The van der Waals surface area contributed by atoms with Crippen molar-refractivity contribution in [3.05, 3.63) is 33.9 Å². The highest BCUT2D eigenvalue weighted by atomic mass is 16.6. The zero-order valence-electron chi connectivity index (χ0n) is 7.36. The van der Waals surface area contributed by atoms with Gasteiger partial charge in [-0.2, -0.15) is 0 Å². The van der Waals surface area contributed by atoms with Crippen molar-refractivity contribution in [3.8, 4) is 0 Å². The van der Waals surface area contributed by atoms with Gasteiger partial charge in [0.05, 0.1) is 10.5 Å². The van der Waals surface area contributed by atoms with Crippen molar-refractivity contribution in [2.24, 2.45) is 0 Å². The Morgan fingerprint density at radius 1 is 1.54 bits per heavy atom. The normalized spacial score (nSPS) is 14.4. The Labute approximate surface area is 75.9 Å². The lowest BCUT2D eigenvalue weighted by Gasteiger charge is -2.10. The van der Waals surface area contributed by atoms with Crippen molar-refractivity contribution in [1.82, 2.24) is 0 Å². The molecule has 0 aliphatic carbocycles. The number of likely N-dealkylation sites (N-methyl/N-ethyl adjacent to an activating group) is 1. The van der Waals surface area contributed by atoms with Gasteiger partial charge in [-0.1, -0.05) is 6.07 Å². The van der Waals surface area contributed by atoms with Gasteiger partial charge in [-0.05, 0) is 12.5 Å². The van der Waals surface area contributed by atoms with Crippen molar-refractivity contribution in [3.63, 3.8) is 0 Å². The molecule has 0 atom stereocenters. The molecule has 0 fully saturated rings. The van der Waals surface area contributed by atoms with E-state index in [-0.39, 0.29) is 10.6 Å². The predicted molar refractivity (Wildman–Crippen MR) is 50.1 cm³/mol. The second-order valence-electron chi connectivity index (χ2n) is 3.20. The number of nitro benzene ring substituents is 1. The van der Waals surface area contributed by atoms with Gasteiger partial charge in [-0.25, -0.2) is 0 Å². The molecule has 1 aliphatic heterocycles. The van der Waals surface area contributed by atoms with Crippen LogP contribution in [0.1, 0.15) is 5.56 Å². The molecule has 0 saturated heterocycles. The second-order valence-corrected chi connectivity index (χ2v) is 3.20. The Hall–Kier alpha value is -1.58. The molecule has 0 spiro atoms. The van der Waals surface area contributed by atoms with Crippen LogP contribution < -0.4 is 4.90 Å². The number of hydrogen-bond acceptors (Lipinski definition) is 3. The van der Waals surface area contributed by atoms with E-state index in [0.29, 0.717) is 0 Å². The predicted octanol–water partition coefficient (Wildman–Crippen LogP) is 1.59. The maximum Gasteiger partial charge on any atom is 0.274 e. The van der Waals surface area contributed by atoms with Crippen LogP contribution in [0.4, 0.5) is 11.4 Å². The third-order valence-corrected chi connectivity index (χ3v) is 2.43. The SMILES string of the molecule is CN1CCc2c1cccc2[N+](=O)[O-]. The van der Waals surface area contributed by atoms with E-state index in [2.05, 4.69) is 0 Å². The first-order chi connectivity index (χ1) is 6.20. The van der Waals surface area contributed by atoms with E-state index in [9.17, 15) is 10.1 Å². The number of anilines is 1. The molecule has 2 rings (SSSR count). The summed E-state index contributed by atoms with van der Waals surface area (Å²) in [5.74, 6) is 0. The Morgan fingerprint density at radius 2 is 2.31 bits per heavy atom. The van der Waals surface area contributed by atoms with Gasteiger partial charge in [0.25, 0.3) is 5.69 Å². The van der Waals surface area contributed by atoms with Crippen molar-refractivity contribution in [2.75, 3.05) is 18.5 Å². The number of nitrogens with zero attached hydrogens (tertiary/aromatic N) is 2. The summed E-state index contributed by atoms with van der Waals surface area (Å²) in [6, 6.07) is 5.23. The Kier molecular flexibility index (Phi) is 1.69. The molecule has 68 valence electrons. The molecule has 1 aromatic carbocycles. The van der Waals surface area contributed by atoms with Gasteiger partial charge < -0.3 is 4.90 Å². The molecule has 1 aromatic rings. The fourth-order valence-corrected chi connectivity index (χ4v) is 1.75. The van der Waals surface area contributed by atoms with E-state index in [1.165, 1.54) is 0 Å². The van der Waals surface area contributed by atoms with Gasteiger partial charge in [0.1, 0.15) is 0 Å². The fraction of sp³-hybridized carbons (Fsp3) is 0.333. The van der Waals surface area contributed by atoms with E-state index in [1.807, 2.05) is 18.0 Å². The second kappa shape index (κ2) is 2.73. The first-order valence-corrected chi connectivity index (χ1v) is 4.17. The van der Waals surface area contributed by atoms with Crippen molar-refractivity contribution >= 4 is 11.4 Å². The molecule has 0 aromatic heterocycles. The molecule has 0 unspecified atom stereocenters. The number of rotatable bonds is 1. The quantitative estimate of drug-likeness (QED) is 0.484. The summed E-state index contributed by atoms with van der Waals surface area (Å²) in [5, 5.41) is 10.7. The third-order valence-electron chi connectivity index (χ3n) is 2.43. The van der Waals surface area contributed by atoms with Gasteiger partial charge in [-0.15, -0.1) is 0 Å². The van der Waals surface area contributed by atoms with E-state index in [4.69, 9.17) is 0 Å². The molecule has 1 heterocycles. The van der Waals surface area contributed by atoms with Crippen LogP contribution in [-0.4, -0.2) is 18.5 Å². The van der Waals surface area contributed by atoms with Crippen LogP contribution in [-0.2, 0) is 6.42 Å². The van der Waals surface area contributed by atoms with Crippen LogP contribution in [0.5, 0.6) is 0 Å². The minimum Gasteiger partial charge on any atom is -0.374 e. The van der Waals surface area contributed by atoms with E-state index < -0.39 is 0 Å². The van der Waals surface area contributed by atoms with Crippen molar-refractivity contribution in [2.45, 2.75) is 6.42 Å². The largest absolute Gasteiger partial charge is 0.374 e. The molecule has 0 saturated carbocycles. The van der Waals surface area contributed by atoms with Crippen LogP contribution in [0, 0.1) is 10.1 Å². The summed E-state index contributed by atoms with van der Waals surface area (Å²) in [6.45, 7) is 0.875. The molecule has 0 amide bonds. The Morgan fingerprint density at radius 3 is 3.00 bits per heavy atom. The van der Waals surface area contributed by atoms with Crippen LogP contribution in [0.3, 0.4) is 0 Å². The van der Waals surface area contributed by atoms with Gasteiger partial charge in [0.2, 0.25) is 0 Å². The molecule has 0 radical (unpaired) electrons. The minimum absolute atomic E-state index is 0.252. The monoisotopic (exact) mass is 178 g/mol. The Bertz CT molecular complexity index is 363. The fourth-order valence-electron chi connectivity index (χ4n) is 1.75. The summed E-state index contributed by atoms with van der Waals surface area (Å²) in [7, 11) is 1.95. The third kappa shape index (κ3) is 1.14. The Balaban J connectivity index is 2.57. The molecule has 4 heteroatoms. The van der Waals surface area contributed by atoms with E-state index in [1.54, 1.807) is 12.1 Å². The van der Waals surface area contributed by atoms with E-state index in [0.717, 1.165) is 24.2 Å². The molecule has 13 heavy (non-hydrogen) atoms. The summed E-state index contributed by atoms with van der Waals surface area (Å²) in [5.41, 5.74) is 2.12. The number of fused-ring (bicyclic) bond motifs is 1. The van der Waals surface area contributed by atoms with Crippen molar-refractivity contribution in [1.29, 1.82) is 0 Å². The van der Waals surface area contributed by atoms with Crippen LogP contribution in [0.25, 0.3) is 0 Å². The highest BCUT2D eigenvalue weighted by Crippen LogP contribution is 2.33. The molecular formula is C9H10N2O2. The van der Waals surface area contributed by atoms with Gasteiger partial charge >= 0.3 is 0 Å². The van der Waals surface area contributed by atoms with Crippen LogP contribution >= 0.6 is 0 Å². The first-order valence-electron chi connectivity index (χ1n) is 4.17. The van der Waals surface area contributed by atoms with E-state index >= 15 is 0 Å². The topological polar surface area (TPSA) is 46.4 Å². The number of benzene rings is 1. The highest BCUT2D eigenvalue weighted by molar-refractivity contribution is 5.65. The average molecular weight is 178 g/mol. The zero-order valence-corrected chi connectivity index (χ0v) is 7.36. The number of nitro groups is 1. The van der Waals surface area contributed by atoms with Gasteiger partial charge in [0.15, 0.2) is 0 Å². The summed E-state index contributed by atoms with van der Waals surface area (Å²) >= 11 is 0. The maximum absolute atomic E-state index is 10.7. The lowest BCUT2D eigenvalue weighted by molar-refractivity contribution is -0.385. The lowest BCUT2D eigenvalue weighted by atomic mass is 10.1. The standard InChI is InChI=1S/C9H10N2O2/c1-10-6-5-7-8(10)3-2-4-9(7)11(12)13/h2-4H,5-6H2,1H3. The summed E-state index contributed by atoms with van der Waals surface area (Å²) < 4.78 is 0. The highest BCUT2D eigenvalue weighted by Gasteiger charge is 2.23. The molecule has 4 nitrogen and oxygen atoms in total. The van der Waals surface area contributed by atoms with Gasteiger partial charge in [0, 0.05) is 25.3 Å².